The summed E-state index contributed by atoms with van der Waals surface area (Å²) in [6.45, 7) is 5.75. The van der Waals surface area contributed by atoms with Crippen LogP contribution in [0.2, 0.25) is 5.02 Å². The van der Waals surface area contributed by atoms with Crippen molar-refractivity contribution < 1.29 is 4.79 Å². The maximum absolute atomic E-state index is 9.50. The van der Waals surface area contributed by atoms with Crippen LogP contribution in [0, 0.1) is 0 Å². The summed E-state index contributed by atoms with van der Waals surface area (Å²) in [6.07, 6.45) is 2.40. The number of aromatic amines is 1. The number of H-pyrrole nitrogens is 1. The average molecular weight is 401 g/mol. The molecule has 1 fully saturated rings. The summed E-state index contributed by atoms with van der Waals surface area (Å²) in [6, 6.07) is 10.8. The van der Waals surface area contributed by atoms with Gasteiger partial charge in [0.2, 0.25) is 6.41 Å². The first-order valence-corrected chi connectivity index (χ1v) is 9.62. The Morgan fingerprint density at radius 2 is 2.07 bits per heavy atom. The Hall–Kier alpha value is -2.64. The molecule has 0 unspecified atom stereocenters. The van der Waals surface area contributed by atoms with Gasteiger partial charge in [0.25, 0.3) is 0 Å². The summed E-state index contributed by atoms with van der Waals surface area (Å²) in [4.78, 5) is 24.1. The maximum Gasteiger partial charge on any atom is 0.207 e. The Kier molecular flexibility index (Phi) is 6.49. The van der Waals surface area contributed by atoms with E-state index in [4.69, 9.17) is 11.6 Å². The van der Waals surface area contributed by atoms with Gasteiger partial charge in [0.1, 0.15) is 11.6 Å². The Labute approximate surface area is 169 Å². The molecule has 148 valence electrons. The lowest BCUT2D eigenvalue weighted by Gasteiger charge is -2.40. The summed E-state index contributed by atoms with van der Waals surface area (Å²) in [7, 11) is 1.98. The number of likely N-dealkylation sites (N-methyl/N-ethyl adjacent to an activating group) is 1. The van der Waals surface area contributed by atoms with Crippen molar-refractivity contribution in [2.45, 2.75) is 25.9 Å². The summed E-state index contributed by atoms with van der Waals surface area (Å²) in [5, 5.41) is 6.40. The smallest absolute Gasteiger partial charge is 0.207 e. The summed E-state index contributed by atoms with van der Waals surface area (Å²) >= 11 is 6.33. The van der Waals surface area contributed by atoms with Crippen molar-refractivity contribution in [2.75, 3.05) is 25.0 Å². The molecule has 3 aromatic rings. The van der Waals surface area contributed by atoms with Gasteiger partial charge in [-0.25, -0.2) is 9.97 Å². The van der Waals surface area contributed by atoms with Gasteiger partial charge in [-0.15, -0.1) is 0 Å². The molecule has 3 N–H and O–H groups in total. The van der Waals surface area contributed by atoms with Crippen molar-refractivity contribution >= 4 is 34.9 Å². The minimum absolute atomic E-state index is 0.280. The molecule has 0 radical (unpaired) electrons. The zero-order valence-electron chi connectivity index (χ0n) is 16.2. The third-order valence-electron chi connectivity index (χ3n) is 4.50. The van der Waals surface area contributed by atoms with Crippen LogP contribution >= 0.6 is 11.6 Å². The Morgan fingerprint density at radius 3 is 2.68 bits per heavy atom. The quantitative estimate of drug-likeness (QED) is 0.573. The van der Waals surface area contributed by atoms with Gasteiger partial charge < -0.3 is 20.5 Å². The number of carbonyl (C=O) groups is 1. The van der Waals surface area contributed by atoms with Crippen molar-refractivity contribution in [3.8, 4) is 11.4 Å². The number of carbonyl (C=O) groups excluding carboxylic acids is 1. The fourth-order valence-corrected chi connectivity index (χ4v) is 3.04. The SMILES string of the molecule is CC(C)NC=O.CNC1CN(c2cc(-c3nc4ccccc4[nH]3)c(Cl)cn2)C1. The van der Waals surface area contributed by atoms with Gasteiger partial charge >= 0.3 is 0 Å². The molecule has 0 aliphatic carbocycles. The van der Waals surface area contributed by atoms with E-state index in [0.29, 0.717) is 17.5 Å². The highest BCUT2D eigenvalue weighted by molar-refractivity contribution is 6.33. The van der Waals surface area contributed by atoms with Crippen LogP contribution in [-0.2, 0) is 4.79 Å². The van der Waals surface area contributed by atoms with E-state index in [2.05, 4.69) is 30.5 Å². The van der Waals surface area contributed by atoms with Gasteiger partial charge in [-0.2, -0.15) is 0 Å². The molecule has 0 atom stereocenters. The molecule has 7 nitrogen and oxygen atoms in total. The number of para-hydroxylation sites is 2. The standard InChI is InChI=1S/C16H16ClN5.C4H9NO/c1-18-10-8-22(9-10)15-6-11(12(17)7-19-15)16-20-13-4-2-3-5-14(13)21-16;1-4(2)5-3-6/h2-7,10,18H,8-9H2,1H3,(H,20,21);3-4H,1-2H3,(H,5,6). The summed E-state index contributed by atoms with van der Waals surface area (Å²) < 4.78 is 0. The molecule has 1 amide bonds. The number of aromatic nitrogens is 3. The second-order valence-electron chi connectivity index (χ2n) is 6.95. The Bertz CT molecular complexity index is 902. The van der Waals surface area contributed by atoms with Gasteiger partial charge in [0.15, 0.2) is 0 Å². The van der Waals surface area contributed by atoms with E-state index < -0.39 is 0 Å². The van der Waals surface area contributed by atoms with E-state index in [9.17, 15) is 4.79 Å². The molecule has 0 saturated carbocycles. The Morgan fingerprint density at radius 1 is 1.32 bits per heavy atom. The zero-order valence-corrected chi connectivity index (χ0v) is 17.0. The average Bonchev–Trinajstić information content (AvgIpc) is 3.06. The Balaban J connectivity index is 0.000000330. The number of nitrogens with one attached hydrogen (secondary N) is 3. The fraction of sp³-hybridized carbons (Fsp3) is 0.350. The first-order chi connectivity index (χ1) is 13.5. The molecule has 28 heavy (non-hydrogen) atoms. The third-order valence-corrected chi connectivity index (χ3v) is 4.80. The van der Waals surface area contributed by atoms with E-state index in [1.54, 1.807) is 6.20 Å². The number of amides is 1. The van der Waals surface area contributed by atoms with E-state index in [1.807, 2.05) is 51.2 Å². The van der Waals surface area contributed by atoms with Crippen molar-refractivity contribution in [1.29, 1.82) is 0 Å². The predicted molar refractivity (Wildman–Crippen MR) is 114 cm³/mol. The molecule has 1 saturated heterocycles. The molecule has 1 aliphatic rings. The predicted octanol–water partition coefficient (Wildman–Crippen LogP) is 2.83. The largest absolute Gasteiger partial charge is 0.357 e. The van der Waals surface area contributed by atoms with Gasteiger partial charge in [-0.3, -0.25) is 4.79 Å². The molecular formula is C20H25ClN6O. The molecule has 0 spiro atoms. The summed E-state index contributed by atoms with van der Waals surface area (Å²) in [5.74, 6) is 1.71. The third kappa shape index (κ3) is 4.61. The molecular weight excluding hydrogens is 376 g/mol. The van der Waals surface area contributed by atoms with Crippen molar-refractivity contribution in [3.05, 3.63) is 41.6 Å². The van der Waals surface area contributed by atoms with Crippen molar-refractivity contribution in [1.82, 2.24) is 25.6 Å². The van der Waals surface area contributed by atoms with E-state index in [0.717, 1.165) is 41.3 Å². The van der Waals surface area contributed by atoms with E-state index in [1.165, 1.54) is 0 Å². The minimum Gasteiger partial charge on any atom is -0.357 e. The zero-order chi connectivity index (χ0) is 20.1. The number of rotatable bonds is 5. The van der Waals surface area contributed by atoms with Gasteiger partial charge in [-0.1, -0.05) is 23.7 Å². The summed E-state index contributed by atoms with van der Waals surface area (Å²) in [5.41, 5.74) is 2.83. The molecule has 1 aromatic carbocycles. The molecule has 2 aromatic heterocycles. The molecule has 1 aliphatic heterocycles. The highest BCUT2D eigenvalue weighted by atomic mass is 35.5. The number of halogens is 1. The van der Waals surface area contributed by atoms with Gasteiger partial charge in [0, 0.05) is 36.9 Å². The number of hydrogen-bond donors (Lipinski definition) is 3. The topological polar surface area (TPSA) is 85.9 Å². The molecule has 0 bridgehead atoms. The number of hydrogen-bond acceptors (Lipinski definition) is 5. The normalized spacial score (nSPS) is 13.8. The number of benzene rings is 1. The first-order valence-electron chi connectivity index (χ1n) is 9.24. The van der Waals surface area contributed by atoms with Crippen molar-refractivity contribution in [2.24, 2.45) is 0 Å². The van der Waals surface area contributed by atoms with Crippen LogP contribution in [0.25, 0.3) is 22.4 Å². The number of imidazole rings is 1. The van der Waals surface area contributed by atoms with Crippen LogP contribution < -0.4 is 15.5 Å². The highest BCUT2D eigenvalue weighted by Crippen LogP contribution is 2.31. The lowest BCUT2D eigenvalue weighted by Crippen LogP contribution is -2.57. The molecule has 4 rings (SSSR count). The lowest BCUT2D eigenvalue weighted by molar-refractivity contribution is -0.109. The van der Waals surface area contributed by atoms with E-state index in [-0.39, 0.29) is 6.04 Å². The van der Waals surface area contributed by atoms with Crippen LogP contribution in [0.5, 0.6) is 0 Å². The second-order valence-corrected chi connectivity index (χ2v) is 7.36. The highest BCUT2D eigenvalue weighted by Gasteiger charge is 2.26. The second kappa shape index (κ2) is 9.03. The van der Waals surface area contributed by atoms with Crippen LogP contribution in [0.15, 0.2) is 36.5 Å². The first kappa shape index (κ1) is 20.1. The van der Waals surface area contributed by atoms with Crippen LogP contribution in [0.1, 0.15) is 13.8 Å². The van der Waals surface area contributed by atoms with Crippen molar-refractivity contribution in [3.63, 3.8) is 0 Å². The van der Waals surface area contributed by atoms with Crippen LogP contribution in [-0.4, -0.2) is 53.6 Å². The number of anilines is 1. The lowest BCUT2D eigenvalue weighted by atomic mass is 10.1. The molecule has 3 heterocycles. The minimum atomic E-state index is 0.280. The maximum atomic E-state index is 9.50. The van der Waals surface area contributed by atoms with Gasteiger partial charge in [-0.05, 0) is 39.1 Å². The van der Waals surface area contributed by atoms with Crippen LogP contribution in [0.3, 0.4) is 0 Å². The number of pyridine rings is 1. The monoisotopic (exact) mass is 400 g/mol. The molecule has 8 heteroatoms. The van der Waals surface area contributed by atoms with E-state index >= 15 is 0 Å². The number of fused-ring (bicyclic) bond motifs is 1. The number of nitrogens with zero attached hydrogens (tertiary/aromatic N) is 3. The van der Waals surface area contributed by atoms with Gasteiger partial charge in [0.05, 0.1) is 16.1 Å². The van der Waals surface area contributed by atoms with Crippen LogP contribution in [0.4, 0.5) is 5.82 Å². The fourth-order valence-electron chi connectivity index (χ4n) is 2.85.